The molecule has 4 rings (SSSR count). The number of carbonyl (C=O) groups is 1. The molecule has 1 aliphatic heterocycles. The number of hydrogen-bond acceptors (Lipinski definition) is 2. The Hall–Kier alpha value is -2.07. The van der Waals surface area contributed by atoms with Crippen LogP contribution in [0, 0.1) is 22.5 Å². The summed E-state index contributed by atoms with van der Waals surface area (Å²) in [5, 5.41) is 3.67. The van der Waals surface area contributed by atoms with Gasteiger partial charge >= 0.3 is 0 Å². The average molecular weight is 355 g/mol. The second-order valence-electron chi connectivity index (χ2n) is 8.15. The summed E-state index contributed by atoms with van der Waals surface area (Å²) in [5.74, 6) is -0.326. The second-order valence-corrected chi connectivity index (χ2v) is 8.15. The number of rotatable bonds is 2. The van der Waals surface area contributed by atoms with E-state index in [9.17, 15) is 13.6 Å². The summed E-state index contributed by atoms with van der Waals surface area (Å²) in [6, 6.07) is 12.4. The van der Waals surface area contributed by atoms with E-state index in [4.69, 9.17) is 0 Å². The van der Waals surface area contributed by atoms with Crippen LogP contribution < -0.4 is 5.32 Å². The fourth-order valence-electron chi connectivity index (χ4n) is 5.03. The van der Waals surface area contributed by atoms with Crippen LogP contribution in [0.4, 0.5) is 8.78 Å². The fraction of sp³-hybridized carbons (Fsp3) is 0.409. The molecule has 1 aliphatic carbocycles. The van der Waals surface area contributed by atoms with E-state index in [1.807, 2.05) is 13.8 Å². The lowest BCUT2D eigenvalue weighted by molar-refractivity contribution is -0.153. The average Bonchev–Trinajstić information content (AvgIpc) is 2.61. The molecular formula is C22H23F2NO. The maximum Gasteiger partial charge on any atom is 0.148 e. The molecule has 2 aromatic rings. The molecule has 1 saturated heterocycles. The van der Waals surface area contributed by atoms with E-state index in [1.54, 1.807) is 24.3 Å². The third kappa shape index (κ3) is 2.50. The smallest absolute Gasteiger partial charge is 0.148 e. The van der Waals surface area contributed by atoms with Gasteiger partial charge < -0.3 is 5.32 Å². The maximum atomic E-state index is 13.6. The van der Waals surface area contributed by atoms with Crippen LogP contribution in [0.25, 0.3) is 0 Å². The van der Waals surface area contributed by atoms with Gasteiger partial charge in [0.25, 0.3) is 0 Å². The van der Waals surface area contributed by atoms with Crippen molar-refractivity contribution in [3.8, 4) is 0 Å². The molecule has 136 valence electrons. The molecule has 26 heavy (non-hydrogen) atoms. The zero-order valence-corrected chi connectivity index (χ0v) is 15.1. The van der Waals surface area contributed by atoms with Crippen molar-refractivity contribution in [1.82, 2.24) is 5.32 Å². The Kier molecular flexibility index (Phi) is 3.99. The molecular weight excluding hydrogens is 332 g/mol. The van der Waals surface area contributed by atoms with Crippen LogP contribution >= 0.6 is 0 Å². The lowest BCUT2D eigenvalue weighted by Crippen LogP contribution is -2.61. The van der Waals surface area contributed by atoms with Crippen molar-refractivity contribution in [3.05, 3.63) is 71.3 Å². The third-order valence-corrected chi connectivity index (χ3v) is 6.44. The van der Waals surface area contributed by atoms with Gasteiger partial charge in [0.2, 0.25) is 0 Å². The molecule has 1 saturated carbocycles. The molecule has 4 atom stereocenters. The molecule has 0 aromatic heterocycles. The minimum Gasteiger partial charge on any atom is -0.301 e. The highest BCUT2D eigenvalue weighted by molar-refractivity contribution is 5.93. The molecule has 0 amide bonds. The van der Waals surface area contributed by atoms with E-state index in [2.05, 4.69) is 5.32 Å². The first-order valence-corrected chi connectivity index (χ1v) is 9.16. The summed E-state index contributed by atoms with van der Waals surface area (Å²) in [5.41, 5.74) is 0.777. The SMILES string of the molecule is C[C@]12CCC[C@](C)(C1=O)[C@@H](c1ccc(F)cc1)N[C@H]2c1ccc(F)cc1. The number of fused-ring (bicyclic) bond motifs is 2. The van der Waals surface area contributed by atoms with E-state index >= 15 is 0 Å². The Balaban J connectivity index is 1.81. The topological polar surface area (TPSA) is 29.1 Å². The molecule has 4 heteroatoms. The van der Waals surface area contributed by atoms with Crippen molar-refractivity contribution in [2.75, 3.05) is 0 Å². The molecule has 0 spiro atoms. The monoisotopic (exact) mass is 355 g/mol. The summed E-state index contributed by atoms with van der Waals surface area (Å²) in [6.07, 6.45) is 2.59. The number of halogens is 2. The molecule has 0 unspecified atom stereocenters. The van der Waals surface area contributed by atoms with Crippen LogP contribution in [0.3, 0.4) is 0 Å². The number of hydrogen-bond donors (Lipinski definition) is 1. The Labute approximate surface area is 152 Å². The molecule has 2 nitrogen and oxygen atoms in total. The predicted octanol–water partition coefficient (Wildman–Crippen LogP) is 5.12. The van der Waals surface area contributed by atoms with Crippen LogP contribution in [-0.2, 0) is 4.79 Å². The number of ketones is 1. The van der Waals surface area contributed by atoms with E-state index in [-0.39, 0.29) is 29.5 Å². The van der Waals surface area contributed by atoms with Gasteiger partial charge in [0.15, 0.2) is 0 Å². The number of benzene rings is 2. The standard InChI is InChI=1S/C22H23F2NO/c1-21-12-3-13-22(2,20(21)26)19(15-6-10-17(24)11-7-15)25-18(21)14-4-8-16(23)9-5-14/h4-11,18-19,25H,3,12-13H2,1-2H3/t18-,19+,21+,22-. The van der Waals surface area contributed by atoms with Gasteiger partial charge in [0.05, 0.1) is 0 Å². The van der Waals surface area contributed by atoms with E-state index in [1.165, 1.54) is 24.3 Å². The summed E-state index contributed by atoms with van der Waals surface area (Å²) in [7, 11) is 0. The van der Waals surface area contributed by atoms with Crippen molar-refractivity contribution in [2.45, 2.75) is 45.2 Å². The third-order valence-electron chi connectivity index (χ3n) is 6.44. The van der Waals surface area contributed by atoms with Gasteiger partial charge in [0.1, 0.15) is 17.4 Å². The van der Waals surface area contributed by atoms with E-state index < -0.39 is 10.8 Å². The molecule has 1 heterocycles. The molecule has 0 radical (unpaired) electrons. The Morgan fingerprint density at radius 2 is 1.19 bits per heavy atom. The van der Waals surface area contributed by atoms with Gasteiger partial charge in [-0.15, -0.1) is 0 Å². The van der Waals surface area contributed by atoms with Gasteiger partial charge in [-0.25, -0.2) is 8.78 Å². The molecule has 2 fully saturated rings. The second kappa shape index (κ2) is 5.98. The maximum absolute atomic E-state index is 13.6. The van der Waals surface area contributed by atoms with Crippen molar-refractivity contribution in [3.63, 3.8) is 0 Å². The highest BCUT2D eigenvalue weighted by Crippen LogP contribution is 2.58. The lowest BCUT2D eigenvalue weighted by Gasteiger charge is -2.56. The molecule has 1 N–H and O–H groups in total. The highest BCUT2D eigenvalue weighted by Gasteiger charge is 2.60. The highest BCUT2D eigenvalue weighted by atomic mass is 19.1. The number of Topliss-reactive ketones (excluding diaryl/α,β-unsaturated/α-hetero) is 1. The summed E-state index contributed by atoms with van der Waals surface area (Å²) >= 11 is 0. The van der Waals surface area contributed by atoms with Crippen LogP contribution in [0.15, 0.2) is 48.5 Å². The predicted molar refractivity (Wildman–Crippen MR) is 96.5 cm³/mol. The molecule has 2 aromatic carbocycles. The first-order valence-electron chi connectivity index (χ1n) is 9.16. The largest absolute Gasteiger partial charge is 0.301 e. The lowest BCUT2D eigenvalue weighted by atomic mass is 9.52. The van der Waals surface area contributed by atoms with Gasteiger partial charge in [0, 0.05) is 22.9 Å². The Morgan fingerprint density at radius 1 is 0.808 bits per heavy atom. The zero-order valence-electron chi connectivity index (χ0n) is 15.1. The van der Waals surface area contributed by atoms with E-state index in [0.717, 1.165) is 30.4 Å². The van der Waals surface area contributed by atoms with Crippen molar-refractivity contribution < 1.29 is 13.6 Å². The number of carbonyl (C=O) groups excluding carboxylic acids is 1. The Bertz CT molecular complexity index is 765. The molecule has 2 aliphatic rings. The number of nitrogens with one attached hydrogen (secondary N) is 1. The zero-order chi connectivity index (χ0) is 18.5. The van der Waals surface area contributed by atoms with Gasteiger partial charge in [-0.05, 0) is 48.2 Å². The summed E-state index contributed by atoms with van der Waals surface area (Å²) in [6.45, 7) is 4.04. The normalized spacial score (nSPS) is 33.9. The van der Waals surface area contributed by atoms with Crippen LogP contribution in [-0.4, -0.2) is 5.78 Å². The first kappa shape index (κ1) is 17.3. The summed E-state index contributed by atoms with van der Waals surface area (Å²) in [4.78, 5) is 13.6. The molecule has 2 bridgehead atoms. The van der Waals surface area contributed by atoms with Gasteiger partial charge in [-0.2, -0.15) is 0 Å². The summed E-state index contributed by atoms with van der Waals surface area (Å²) < 4.78 is 26.8. The van der Waals surface area contributed by atoms with Crippen LogP contribution in [0.1, 0.15) is 56.3 Å². The minimum absolute atomic E-state index is 0.195. The van der Waals surface area contributed by atoms with Crippen LogP contribution in [0.5, 0.6) is 0 Å². The van der Waals surface area contributed by atoms with Gasteiger partial charge in [-0.1, -0.05) is 44.5 Å². The Morgan fingerprint density at radius 3 is 1.58 bits per heavy atom. The van der Waals surface area contributed by atoms with Crippen molar-refractivity contribution in [2.24, 2.45) is 10.8 Å². The van der Waals surface area contributed by atoms with Crippen molar-refractivity contribution >= 4 is 5.78 Å². The van der Waals surface area contributed by atoms with Gasteiger partial charge in [-0.3, -0.25) is 4.79 Å². The fourth-order valence-corrected chi connectivity index (χ4v) is 5.03. The first-order chi connectivity index (χ1) is 12.3. The van der Waals surface area contributed by atoms with E-state index in [0.29, 0.717) is 0 Å². The van der Waals surface area contributed by atoms with Crippen molar-refractivity contribution in [1.29, 1.82) is 0 Å². The van der Waals surface area contributed by atoms with Crippen LogP contribution in [0.2, 0.25) is 0 Å². The minimum atomic E-state index is -0.526. The quantitative estimate of drug-likeness (QED) is 0.810. The number of piperidine rings is 1.